The molecule has 222 valence electrons. The molecular formula is C36H46Cl2N2Si2. The number of hydrazine groups is 1. The Bertz CT molecular complexity index is 1280. The number of rotatable bonds is 13. The van der Waals surface area contributed by atoms with Crippen LogP contribution in [0.25, 0.3) is 0 Å². The second-order valence-electron chi connectivity index (χ2n) is 13.4. The van der Waals surface area contributed by atoms with Crippen LogP contribution in [0.5, 0.6) is 0 Å². The average molecular weight is 634 g/mol. The molecule has 0 spiro atoms. The van der Waals surface area contributed by atoms with Gasteiger partial charge in [-0.05, 0) is 59.4 Å². The van der Waals surface area contributed by atoms with Crippen LogP contribution < -0.4 is 10.4 Å². The molecule has 0 bridgehead atoms. The Morgan fingerprint density at radius 1 is 0.429 bits per heavy atom. The molecule has 0 amide bonds. The van der Waals surface area contributed by atoms with Gasteiger partial charge in [0.25, 0.3) is 0 Å². The van der Waals surface area contributed by atoms with Gasteiger partial charge >= 0.3 is 0 Å². The molecule has 0 atom stereocenters. The number of halogens is 2. The van der Waals surface area contributed by atoms with Gasteiger partial charge < -0.3 is 0 Å². The second kappa shape index (κ2) is 14.5. The molecule has 2 nitrogen and oxygen atoms in total. The van der Waals surface area contributed by atoms with E-state index in [1.54, 1.807) is 0 Å². The highest BCUT2D eigenvalue weighted by Gasteiger charge is 2.20. The predicted molar refractivity (Wildman–Crippen MR) is 190 cm³/mol. The SMILES string of the molecule is C[Si](C)(C)c1ccc(CN(CCc2ccc(Cl)cc2)N(CCc2ccc(Cl)cc2)Cc2ccc([Si](C)(C)C)cc2)cc1. The molecule has 0 unspecified atom stereocenters. The van der Waals surface area contributed by atoms with Crippen molar-refractivity contribution >= 4 is 49.7 Å². The summed E-state index contributed by atoms with van der Waals surface area (Å²) in [5, 5.41) is 9.68. The lowest BCUT2D eigenvalue weighted by molar-refractivity contribution is -0.0396. The van der Waals surface area contributed by atoms with Gasteiger partial charge in [0, 0.05) is 36.2 Å². The first kappa shape index (κ1) is 32.7. The van der Waals surface area contributed by atoms with Gasteiger partial charge in [-0.2, -0.15) is 0 Å². The first-order valence-electron chi connectivity index (χ1n) is 15.0. The van der Waals surface area contributed by atoms with E-state index in [-0.39, 0.29) is 0 Å². The summed E-state index contributed by atoms with van der Waals surface area (Å²) in [4.78, 5) is 0. The fourth-order valence-corrected chi connectivity index (χ4v) is 7.69. The van der Waals surface area contributed by atoms with E-state index < -0.39 is 16.1 Å². The first-order chi connectivity index (χ1) is 19.9. The summed E-state index contributed by atoms with van der Waals surface area (Å²) in [5.41, 5.74) is 5.30. The number of nitrogens with zero attached hydrogens (tertiary/aromatic N) is 2. The van der Waals surface area contributed by atoms with Crippen molar-refractivity contribution in [2.75, 3.05) is 13.1 Å². The lowest BCUT2D eigenvalue weighted by Crippen LogP contribution is -2.44. The molecule has 0 heterocycles. The van der Waals surface area contributed by atoms with Crippen LogP contribution in [0.2, 0.25) is 49.3 Å². The van der Waals surface area contributed by atoms with Crippen molar-refractivity contribution in [3.8, 4) is 0 Å². The molecule has 6 heteroatoms. The van der Waals surface area contributed by atoms with Crippen molar-refractivity contribution in [1.82, 2.24) is 10.0 Å². The van der Waals surface area contributed by atoms with Gasteiger partial charge in [-0.3, -0.25) is 0 Å². The van der Waals surface area contributed by atoms with E-state index in [0.717, 1.165) is 49.1 Å². The van der Waals surface area contributed by atoms with Crippen LogP contribution in [0, 0.1) is 0 Å². The molecule has 0 fully saturated rings. The Kier molecular flexibility index (Phi) is 11.3. The summed E-state index contributed by atoms with van der Waals surface area (Å²) in [7, 11) is -2.69. The third kappa shape index (κ3) is 9.94. The van der Waals surface area contributed by atoms with Crippen molar-refractivity contribution in [3.05, 3.63) is 129 Å². The van der Waals surface area contributed by atoms with Gasteiger partial charge in [0.1, 0.15) is 0 Å². The monoisotopic (exact) mass is 632 g/mol. The highest BCUT2D eigenvalue weighted by Crippen LogP contribution is 2.18. The predicted octanol–water partition coefficient (Wildman–Crippen LogP) is 8.79. The fourth-order valence-electron chi connectivity index (χ4n) is 5.10. The van der Waals surface area contributed by atoms with Gasteiger partial charge in [0.2, 0.25) is 0 Å². The average Bonchev–Trinajstić information content (AvgIpc) is 2.94. The van der Waals surface area contributed by atoms with Gasteiger partial charge in [-0.25, -0.2) is 10.0 Å². The third-order valence-electron chi connectivity index (χ3n) is 7.91. The molecule has 0 aliphatic carbocycles. The molecule has 0 N–H and O–H groups in total. The van der Waals surface area contributed by atoms with Crippen molar-refractivity contribution < 1.29 is 0 Å². The zero-order valence-electron chi connectivity index (χ0n) is 26.1. The van der Waals surface area contributed by atoms with Gasteiger partial charge in [-0.15, -0.1) is 0 Å². The second-order valence-corrected chi connectivity index (χ2v) is 24.5. The maximum Gasteiger partial charge on any atom is 0.0775 e. The summed E-state index contributed by atoms with van der Waals surface area (Å²) in [6.45, 7) is 18.0. The van der Waals surface area contributed by atoms with E-state index >= 15 is 0 Å². The zero-order chi connectivity index (χ0) is 30.3. The number of benzene rings is 4. The normalized spacial score (nSPS) is 12.3. The lowest BCUT2D eigenvalue weighted by Gasteiger charge is -2.36. The van der Waals surface area contributed by atoms with Crippen LogP contribution in [0.1, 0.15) is 22.3 Å². The summed E-state index contributed by atoms with van der Waals surface area (Å²) in [6, 6.07) is 35.3. The Morgan fingerprint density at radius 3 is 1.00 bits per heavy atom. The van der Waals surface area contributed by atoms with E-state index in [4.69, 9.17) is 23.2 Å². The van der Waals surface area contributed by atoms with E-state index in [1.807, 2.05) is 24.3 Å². The van der Waals surface area contributed by atoms with Crippen molar-refractivity contribution in [2.24, 2.45) is 0 Å². The highest BCUT2D eigenvalue weighted by molar-refractivity contribution is 6.89. The summed E-state index contributed by atoms with van der Waals surface area (Å²) in [6.07, 6.45) is 1.91. The summed E-state index contributed by atoms with van der Waals surface area (Å²) < 4.78 is 0. The molecule has 4 aromatic carbocycles. The summed E-state index contributed by atoms with van der Waals surface area (Å²) in [5.74, 6) is 0. The van der Waals surface area contributed by atoms with E-state index in [9.17, 15) is 0 Å². The minimum atomic E-state index is -1.35. The van der Waals surface area contributed by atoms with Crippen LogP contribution in [-0.4, -0.2) is 39.3 Å². The molecule has 4 rings (SSSR count). The minimum absolute atomic E-state index is 0.782. The molecule has 0 radical (unpaired) electrons. The van der Waals surface area contributed by atoms with E-state index in [1.165, 1.54) is 32.6 Å². The van der Waals surface area contributed by atoms with E-state index in [0.29, 0.717) is 0 Å². The molecular weight excluding hydrogens is 587 g/mol. The molecule has 0 aromatic heterocycles. The lowest BCUT2D eigenvalue weighted by atomic mass is 10.1. The smallest absolute Gasteiger partial charge is 0.0775 e. The molecule has 42 heavy (non-hydrogen) atoms. The Hall–Kier alpha value is -2.19. The van der Waals surface area contributed by atoms with Gasteiger partial charge in [0.05, 0.1) is 16.1 Å². The molecule has 0 saturated heterocycles. The Labute approximate surface area is 266 Å². The van der Waals surface area contributed by atoms with Crippen LogP contribution >= 0.6 is 23.2 Å². The third-order valence-corrected chi connectivity index (χ3v) is 12.5. The molecule has 0 aliphatic heterocycles. The topological polar surface area (TPSA) is 6.48 Å². The van der Waals surface area contributed by atoms with Gasteiger partial charge in [0.15, 0.2) is 0 Å². The van der Waals surface area contributed by atoms with Gasteiger partial charge in [-0.1, -0.05) is 146 Å². The van der Waals surface area contributed by atoms with Crippen LogP contribution in [-0.2, 0) is 25.9 Å². The summed E-state index contributed by atoms with van der Waals surface area (Å²) >= 11 is 12.4. The van der Waals surface area contributed by atoms with Crippen molar-refractivity contribution in [3.63, 3.8) is 0 Å². The van der Waals surface area contributed by atoms with Crippen LogP contribution in [0.15, 0.2) is 97.1 Å². The van der Waals surface area contributed by atoms with Crippen molar-refractivity contribution in [1.29, 1.82) is 0 Å². The largest absolute Gasteiger partial charge is 0.237 e. The van der Waals surface area contributed by atoms with E-state index in [2.05, 4.69) is 122 Å². The van der Waals surface area contributed by atoms with Crippen molar-refractivity contribution in [2.45, 2.75) is 65.2 Å². The van der Waals surface area contributed by atoms with Crippen LogP contribution in [0.4, 0.5) is 0 Å². The first-order valence-corrected chi connectivity index (χ1v) is 22.8. The molecule has 4 aromatic rings. The Morgan fingerprint density at radius 2 is 0.714 bits per heavy atom. The highest BCUT2D eigenvalue weighted by atomic mass is 35.5. The maximum absolute atomic E-state index is 6.19. The zero-order valence-corrected chi connectivity index (χ0v) is 29.6. The standard InChI is InChI=1S/C36H46Cl2N2Si2/c1-41(2,3)35-19-11-31(12-20-35)27-39(25-23-29-7-15-33(37)16-8-29)40(26-24-30-9-17-34(38)18-10-30)28-32-13-21-36(22-14-32)42(4,5)6/h7-22H,23-28H2,1-6H3. The van der Waals surface area contributed by atoms with Crippen LogP contribution in [0.3, 0.4) is 0 Å². The Balaban J connectivity index is 1.62. The number of hydrogen-bond acceptors (Lipinski definition) is 2. The quantitative estimate of drug-likeness (QED) is 0.107. The maximum atomic E-state index is 6.19. The minimum Gasteiger partial charge on any atom is -0.237 e. The molecule has 0 aliphatic rings. The molecule has 0 saturated carbocycles. The fraction of sp³-hybridized carbons (Fsp3) is 0.333. The number of hydrogen-bond donors (Lipinski definition) is 0.